The maximum atomic E-state index is 13.2. The first kappa shape index (κ1) is 30.8. The Morgan fingerprint density at radius 2 is 1.85 bits per heavy atom. The molecule has 2 N–H and O–H groups in total. The van der Waals surface area contributed by atoms with Gasteiger partial charge >= 0.3 is 6.09 Å². The fourth-order valence-electron chi connectivity index (χ4n) is 4.89. The molecule has 0 saturated heterocycles. The van der Waals surface area contributed by atoms with Gasteiger partial charge in [0.05, 0.1) is 5.39 Å². The van der Waals surface area contributed by atoms with Crippen LogP contribution in [-0.2, 0) is 27.4 Å². The summed E-state index contributed by atoms with van der Waals surface area (Å²) in [5.74, 6) is 1.12. The molecule has 1 saturated carbocycles. The molecule has 9 nitrogen and oxygen atoms in total. The van der Waals surface area contributed by atoms with Gasteiger partial charge in [-0.05, 0) is 79.7 Å². The van der Waals surface area contributed by atoms with Crippen molar-refractivity contribution in [2.45, 2.75) is 97.1 Å². The van der Waals surface area contributed by atoms with Crippen molar-refractivity contribution in [3.8, 4) is 11.5 Å². The molecule has 0 radical (unpaired) electrons. The van der Waals surface area contributed by atoms with Crippen LogP contribution in [0.2, 0.25) is 0 Å². The Morgan fingerprint density at radius 3 is 2.54 bits per heavy atom. The molecular formula is C31H41BrN4O5. The van der Waals surface area contributed by atoms with Crippen molar-refractivity contribution in [3.63, 3.8) is 0 Å². The molecule has 0 aliphatic heterocycles. The number of carbonyl (C=O) groups excluding carboxylic acids is 2. The molecule has 10 heteroatoms. The number of benzene rings is 1. The number of ether oxygens (including phenoxy) is 3. The highest BCUT2D eigenvalue weighted by Crippen LogP contribution is 2.35. The van der Waals surface area contributed by atoms with Crippen LogP contribution in [0.25, 0.3) is 11.0 Å². The van der Waals surface area contributed by atoms with Gasteiger partial charge in [-0.3, -0.25) is 4.79 Å². The van der Waals surface area contributed by atoms with Gasteiger partial charge in [0.25, 0.3) is 0 Å². The van der Waals surface area contributed by atoms with Crippen LogP contribution in [0.5, 0.6) is 11.5 Å². The minimum atomic E-state index is -0.760. The number of hydrogen-bond acceptors (Lipinski definition) is 6. The third kappa shape index (κ3) is 8.94. The van der Waals surface area contributed by atoms with Crippen LogP contribution in [0, 0.1) is 0 Å². The predicted molar refractivity (Wildman–Crippen MR) is 162 cm³/mol. The van der Waals surface area contributed by atoms with Crippen LogP contribution >= 0.6 is 15.9 Å². The summed E-state index contributed by atoms with van der Waals surface area (Å²) in [6, 6.07) is 8.74. The maximum Gasteiger partial charge on any atom is 0.408 e. The molecule has 1 unspecified atom stereocenters. The van der Waals surface area contributed by atoms with Crippen molar-refractivity contribution < 1.29 is 23.8 Å². The van der Waals surface area contributed by atoms with E-state index in [1.165, 1.54) is 6.42 Å². The highest BCUT2D eigenvalue weighted by molar-refractivity contribution is 9.10. The first-order valence-corrected chi connectivity index (χ1v) is 15.2. The molecular weight excluding hydrogens is 588 g/mol. The maximum absolute atomic E-state index is 13.2. The fourth-order valence-corrected chi connectivity index (χ4v) is 5.51. The monoisotopic (exact) mass is 628 g/mol. The molecule has 2 amide bonds. The summed E-state index contributed by atoms with van der Waals surface area (Å²) in [6.45, 7) is 8.55. The van der Waals surface area contributed by atoms with Gasteiger partial charge in [-0.2, -0.15) is 0 Å². The minimum Gasteiger partial charge on any atom is -0.457 e. The fraction of sp³-hybridized carbons (Fsp3) is 0.516. The van der Waals surface area contributed by atoms with E-state index in [0.717, 1.165) is 53.2 Å². The van der Waals surface area contributed by atoms with E-state index in [1.807, 2.05) is 41.1 Å². The normalized spacial score (nSPS) is 15.0. The van der Waals surface area contributed by atoms with Crippen molar-refractivity contribution in [1.82, 2.24) is 20.2 Å². The second-order valence-electron chi connectivity index (χ2n) is 11.5. The van der Waals surface area contributed by atoms with Crippen LogP contribution in [-0.4, -0.2) is 45.8 Å². The van der Waals surface area contributed by atoms with Crippen molar-refractivity contribution in [2.24, 2.45) is 0 Å². The highest BCUT2D eigenvalue weighted by atomic mass is 79.9. The zero-order valence-electron chi connectivity index (χ0n) is 24.4. The summed E-state index contributed by atoms with van der Waals surface area (Å²) >= 11 is 3.64. The Hall–Kier alpha value is -3.11. The van der Waals surface area contributed by atoms with Crippen LogP contribution in [0.1, 0.15) is 71.8 Å². The molecule has 1 fully saturated rings. The number of nitrogens with one attached hydrogen (secondary N) is 2. The molecule has 4 rings (SSSR count). The molecule has 1 aliphatic carbocycles. The van der Waals surface area contributed by atoms with E-state index in [-0.39, 0.29) is 11.9 Å². The van der Waals surface area contributed by atoms with Crippen LogP contribution in [0.15, 0.2) is 47.2 Å². The molecule has 41 heavy (non-hydrogen) atoms. The van der Waals surface area contributed by atoms with E-state index >= 15 is 0 Å². The van der Waals surface area contributed by atoms with Crippen LogP contribution < -0.4 is 15.4 Å². The Kier molecular flexibility index (Phi) is 10.7. The average Bonchev–Trinajstić information content (AvgIpc) is 3.25. The second kappa shape index (κ2) is 14.2. The molecule has 222 valence electrons. The SMILES string of the molecule is CCCOCn1cc(Br)c2c(Oc3ccc(CC(NC(=O)OC(C)(C)C)C(=O)NC4CCCCC4)cc3)ccnc21. The number of rotatable bonds is 11. The number of aromatic nitrogens is 2. The second-order valence-corrected chi connectivity index (χ2v) is 12.3. The van der Waals surface area contributed by atoms with E-state index in [1.54, 1.807) is 27.0 Å². The third-order valence-corrected chi connectivity index (χ3v) is 7.40. The van der Waals surface area contributed by atoms with Gasteiger partial charge in [-0.15, -0.1) is 0 Å². The third-order valence-electron chi connectivity index (χ3n) is 6.80. The van der Waals surface area contributed by atoms with Crippen LogP contribution in [0.4, 0.5) is 4.79 Å². The lowest BCUT2D eigenvalue weighted by molar-refractivity contribution is -0.124. The van der Waals surface area contributed by atoms with E-state index < -0.39 is 17.7 Å². The molecule has 1 aromatic carbocycles. The van der Waals surface area contributed by atoms with Crippen molar-refractivity contribution in [3.05, 3.63) is 52.8 Å². The lowest BCUT2D eigenvalue weighted by Gasteiger charge is -2.27. The Labute approximate surface area is 250 Å². The predicted octanol–water partition coefficient (Wildman–Crippen LogP) is 6.86. The van der Waals surface area contributed by atoms with Gasteiger partial charge in [0.1, 0.15) is 35.5 Å². The lowest BCUT2D eigenvalue weighted by Crippen LogP contribution is -2.51. The van der Waals surface area contributed by atoms with E-state index in [0.29, 0.717) is 31.3 Å². The summed E-state index contributed by atoms with van der Waals surface area (Å²) < 4.78 is 20.2. The Balaban J connectivity index is 1.46. The topological polar surface area (TPSA) is 104 Å². The quantitative estimate of drug-likeness (QED) is 0.225. The summed E-state index contributed by atoms with van der Waals surface area (Å²) in [6.07, 6.45) is 9.65. The number of amides is 2. The largest absolute Gasteiger partial charge is 0.457 e. The average molecular weight is 630 g/mol. The summed E-state index contributed by atoms with van der Waals surface area (Å²) in [5, 5.41) is 6.78. The van der Waals surface area contributed by atoms with Crippen molar-refractivity contribution in [2.75, 3.05) is 6.61 Å². The zero-order valence-corrected chi connectivity index (χ0v) is 26.0. The van der Waals surface area contributed by atoms with Crippen LogP contribution in [0.3, 0.4) is 0 Å². The van der Waals surface area contributed by atoms with E-state index in [2.05, 4.69) is 38.5 Å². The van der Waals surface area contributed by atoms with E-state index in [9.17, 15) is 9.59 Å². The lowest BCUT2D eigenvalue weighted by atomic mass is 9.95. The molecule has 2 aromatic heterocycles. The molecule has 1 aliphatic rings. The number of fused-ring (bicyclic) bond motifs is 1. The molecule has 3 aromatic rings. The number of halogens is 1. The number of alkyl carbamates (subject to hydrolysis) is 1. The highest BCUT2D eigenvalue weighted by Gasteiger charge is 2.27. The van der Waals surface area contributed by atoms with Gasteiger partial charge < -0.3 is 29.4 Å². The molecule has 0 spiro atoms. The Morgan fingerprint density at radius 1 is 1.12 bits per heavy atom. The molecule has 0 bridgehead atoms. The minimum absolute atomic E-state index is 0.138. The summed E-state index contributed by atoms with van der Waals surface area (Å²) in [4.78, 5) is 30.3. The molecule has 2 heterocycles. The summed E-state index contributed by atoms with van der Waals surface area (Å²) in [5.41, 5.74) is 0.990. The van der Waals surface area contributed by atoms with Crippen molar-refractivity contribution in [1.29, 1.82) is 0 Å². The van der Waals surface area contributed by atoms with E-state index in [4.69, 9.17) is 14.2 Å². The van der Waals surface area contributed by atoms with Gasteiger partial charge in [-0.25, -0.2) is 9.78 Å². The van der Waals surface area contributed by atoms with Gasteiger partial charge in [0.15, 0.2) is 0 Å². The summed E-state index contributed by atoms with van der Waals surface area (Å²) in [7, 11) is 0. The standard InChI is InChI=1S/C31H41BrN4O5/c1-5-17-39-20-36-19-24(32)27-26(15-16-33-28(27)36)40-23-13-11-21(12-14-23)18-25(35-30(38)41-31(2,3)4)29(37)34-22-9-7-6-8-10-22/h11-16,19,22,25H,5-10,17-18,20H2,1-4H3,(H,34,37)(H,35,38). The number of hydrogen-bond donors (Lipinski definition) is 2. The number of pyridine rings is 1. The smallest absolute Gasteiger partial charge is 0.408 e. The number of nitrogens with zero attached hydrogens (tertiary/aromatic N) is 2. The first-order valence-electron chi connectivity index (χ1n) is 14.4. The van der Waals surface area contributed by atoms with Gasteiger partial charge in [0.2, 0.25) is 5.91 Å². The molecule has 1 atom stereocenters. The van der Waals surface area contributed by atoms with Gasteiger partial charge in [-0.1, -0.05) is 38.3 Å². The Bertz CT molecular complexity index is 1310. The van der Waals surface area contributed by atoms with Crippen molar-refractivity contribution >= 4 is 39.0 Å². The number of carbonyl (C=O) groups is 2. The zero-order chi connectivity index (χ0) is 29.4. The van der Waals surface area contributed by atoms with Gasteiger partial charge in [0, 0.05) is 35.9 Å². The first-order chi connectivity index (χ1) is 19.6.